The first-order chi connectivity index (χ1) is 15.4. The number of anilines is 1. The van der Waals surface area contributed by atoms with Gasteiger partial charge in [-0.1, -0.05) is 34.8 Å². The molecule has 0 unspecified atom stereocenters. The Balaban J connectivity index is 1.62. The number of aromatic nitrogens is 3. The molecular formula is C21H18Cl3N5O3. The van der Waals surface area contributed by atoms with Gasteiger partial charge in [0.2, 0.25) is 0 Å². The van der Waals surface area contributed by atoms with Crippen LogP contribution in [0, 0.1) is 0 Å². The van der Waals surface area contributed by atoms with E-state index >= 15 is 0 Å². The smallest absolute Gasteiger partial charge is 0.360 e. The van der Waals surface area contributed by atoms with E-state index in [2.05, 4.69) is 15.0 Å². The summed E-state index contributed by atoms with van der Waals surface area (Å²) in [6, 6.07) is 6.48. The molecule has 1 aromatic carbocycles. The van der Waals surface area contributed by atoms with E-state index in [1.807, 2.05) is 4.90 Å². The molecule has 1 fully saturated rings. The molecule has 32 heavy (non-hydrogen) atoms. The molecule has 0 saturated carbocycles. The number of pyridine rings is 1. The number of hydrogen-bond acceptors (Lipinski definition) is 7. The highest BCUT2D eigenvalue weighted by molar-refractivity contribution is 6.42. The number of hydrogen-bond donors (Lipinski definition) is 0. The Kier molecular flexibility index (Phi) is 6.64. The van der Waals surface area contributed by atoms with Crippen molar-refractivity contribution < 1.29 is 14.3 Å². The van der Waals surface area contributed by atoms with Crippen molar-refractivity contribution in [2.75, 3.05) is 37.7 Å². The number of benzene rings is 1. The zero-order chi connectivity index (χ0) is 22.8. The largest absolute Gasteiger partial charge is 0.461 e. The van der Waals surface area contributed by atoms with Crippen molar-refractivity contribution in [2.24, 2.45) is 0 Å². The Morgan fingerprint density at radius 1 is 1.03 bits per heavy atom. The quantitative estimate of drug-likeness (QED) is 0.398. The van der Waals surface area contributed by atoms with Crippen LogP contribution in [0.3, 0.4) is 0 Å². The third-order valence-corrected chi connectivity index (χ3v) is 6.04. The zero-order valence-corrected chi connectivity index (χ0v) is 19.3. The first kappa shape index (κ1) is 22.5. The van der Waals surface area contributed by atoms with Crippen LogP contribution < -0.4 is 4.90 Å². The van der Waals surface area contributed by atoms with Gasteiger partial charge in [0, 0.05) is 32.4 Å². The molecule has 1 saturated heterocycles. The Hall–Kier alpha value is -2.68. The van der Waals surface area contributed by atoms with E-state index in [-0.39, 0.29) is 23.4 Å². The average Bonchev–Trinajstić information content (AvgIpc) is 2.79. The van der Waals surface area contributed by atoms with Crippen molar-refractivity contribution in [3.63, 3.8) is 0 Å². The molecule has 1 aliphatic rings. The van der Waals surface area contributed by atoms with Gasteiger partial charge in [-0.3, -0.25) is 4.79 Å². The van der Waals surface area contributed by atoms with Crippen molar-refractivity contribution in [1.82, 2.24) is 19.9 Å². The van der Waals surface area contributed by atoms with E-state index in [1.165, 1.54) is 6.20 Å². The average molecular weight is 495 g/mol. The molecule has 11 heteroatoms. The Morgan fingerprint density at radius 2 is 1.69 bits per heavy atom. The SMILES string of the molecule is CCOC(=O)c1nc2cc(Cl)c(Cl)cc2nc1N1CCN(C(=O)c2cccnc2Cl)CC1. The van der Waals surface area contributed by atoms with Crippen LogP contribution in [-0.2, 0) is 4.74 Å². The third kappa shape index (κ3) is 4.44. The second-order valence-electron chi connectivity index (χ2n) is 6.99. The first-order valence-electron chi connectivity index (χ1n) is 9.87. The highest BCUT2D eigenvalue weighted by atomic mass is 35.5. The predicted octanol–water partition coefficient (Wildman–Crippen LogP) is 4.12. The lowest BCUT2D eigenvalue weighted by atomic mass is 10.2. The minimum atomic E-state index is -0.580. The van der Waals surface area contributed by atoms with Gasteiger partial charge in [-0.05, 0) is 31.2 Å². The molecule has 166 valence electrons. The van der Waals surface area contributed by atoms with E-state index in [9.17, 15) is 9.59 Å². The highest BCUT2D eigenvalue weighted by Gasteiger charge is 2.28. The van der Waals surface area contributed by atoms with Crippen molar-refractivity contribution in [3.8, 4) is 0 Å². The van der Waals surface area contributed by atoms with Gasteiger partial charge >= 0.3 is 5.97 Å². The maximum absolute atomic E-state index is 12.8. The summed E-state index contributed by atoms with van der Waals surface area (Å²) in [6.07, 6.45) is 1.53. The summed E-state index contributed by atoms with van der Waals surface area (Å²) in [7, 11) is 0. The molecule has 0 atom stereocenters. The Bertz CT molecular complexity index is 1200. The van der Waals surface area contributed by atoms with Gasteiger partial charge in [0.15, 0.2) is 11.5 Å². The number of carbonyl (C=O) groups excluding carboxylic acids is 2. The summed E-state index contributed by atoms with van der Waals surface area (Å²) in [5, 5.41) is 0.824. The van der Waals surface area contributed by atoms with Gasteiger partial charge in [-0.2, -0.15) is 0 Å². The topological polar surface area (TPSA) is 88.5 Å². The van der Waals surface area contributed by atoms with E-state index in [0.29, 0.717) is 58.6 Å². The number of esters is 1. The fourth-order valence-corrected chi connectivity index (χ4v) is 3.95. The fraction of sp³-hybridized carbons (Fsp3) is 0.286. The standard InChI is InChI=1S/C21H18Cl3N5O3/c1-2-32-21(31)17-19(27-16-11-14(23)13(22)10-15(16)26-17)28-6-8-29(9-7-28)20(30)12-4-3-5-25-18(12)24/h3-5,10-11H,2,6-9H2,1H3. The maximum atomic E-state index is 12.8. The van der Waals surface area contributed by atoms with Crippen LogP contribution in [0.1, 0.15) is 27.8 Å². The van der Waals surface area contributed by atoms with Crippen LogP contribution >= 0.6 is 34.8 Å². The predicted molar refractivity (Wildman–Crippen MR) is 123 cm³/mol. The zero-order valence-electron chi connectivity index (χ0n) is 17.0. The molecular weight excluding hydrogens is 477 g/mol. The van der Waals surface area contributed by atoms with Crippen molar-refractivity contribution in [3.05, 3.63) is 56.9 Å². The van der Waals surface area contributed by atoms with Crippen LogP contribution in [0.2, 0.25) is 15.2 Å². The Labute approximate surface area is 199 Å². The second-order valence-corrected chi connectivity index (χ2v) is 8.16. The van der Waals surface area contributed by atoms with E-state index in [4.69, 9.17) is 39.5 Å². The summed E-state index contributed by atoms with van der Waals surface area (Å²) in [5.41, 5.74) is 1.38. The van der Waals surface area contributed by atoms with Gasteiger partial charge < -0.3 is 14.5 Å². The van der Waals surface area contributed by atoms with E-state index in [0.717, 1.165) is 0 Å². The lowest BCUT2D eigenvalue weighted by molar-refractivity contribution is 0.0519. The molecule has 4 rings (SSSR count). The number of amides is 1. The molecule has 8 nitrogen and oxygen atoms in total. The van der Waals surface area contributed by atoms with Crippen molar-refractivity contribution in [1.29, 1.82) is 0 Å². The van der Waals surface area contributed by atoms with Crippen LogP contribution in [0.25, 0.3) is 11.0 Å². The maximum Gasteiger partial charge on any atom is 0.360 e. The molecule has 2 aromatic heterocycles. The normalized spacial score (nSPS) is 14.0. The molecule has 0 aliphatic carbocycles. The number of fused-ring (bicyclic) bond motifs is 1. The van der Waals surface area contributed by atoms with Crippen molar-refractivity contribution >= 4 is 63.5 Å². The van der Waals surface area contributed by atoms with Gasteiger partial charge in [-0.25, -0.2) is 19.7 Å². The lowest BCUT2D eigenvalue weighted by Crippen LogP contribution is -2.49. The van der Waals surface area contributed by atoms with Crippen molar-refractivity contribution in [2.45, 2.75) is 6.92 Å². The van der Waals surface area contributed by atoms with Gasteiger partial charge in [0.25, 0.3) is 5.91 Å². The monoisotopic (exact) mass is 493 g/mol. The number of rotatable bonds is 4. The summed E-state index contributed by atoms with van der Waals surface area (Å²) in [6.45, 7) is 3.63. The number of halogens is 3. The molecule has 1 aliphatic heterocycles. The Morgan fingerprint density at radius 3 is 2.31 bits per heavy atom. The molecule has 1 amide bonds. The van der Waals surface area contributed by atoms with E-state index < -0.39 is 5.97 Å². The van der Waals surface area contributed by atoms with E-state index in [1.54, 1.807) is 36.1 Å². The van der Waals surface area contributed by atoms with Gasteiger partial charge in [0.1, 0.15) is 5.15 Å². The number of carbonyl (C=O) groups is 2. The van der Waals surface area contributed by atoms with Gasteiger partial charge in [0.05, 0.1) is 33.2 Å². The molecule has 0 spiro atoms. The second kappa shape index (κ2) is 9.44. The number of piperazine rings is 1. The van der Waals surface area contributed by atoms with Crippen LogP contribution in [0.5, 0.6) is 0 Å². The fourth-order valence-electron chi connectivity index (χ4n) is 3.44. The molecule has 3 heterocycles. The summed E-state index contributed by atoms with van der Waals surface area (Å²) in [4.78, 5) is 42.1. The van der Waals surface area contributed by atoms with Crippen LogP contribution in [-0.4, -0.2) is 64.5 Å². The third-order valence-electron chi connectivity index (χ3n) is 5.01. The lowest BCUT2D eigenvalue weighted by Gasteiger charge is -2.36. The van der Waals surface area contributed by atoms with Crippen LogP contribution in [0.4, 0.5) is 5.82 Å². The first-order valence-corrected chi connectivity index (χ1v) is 11.0. The molecule has 3 aromatic rings. The molecule has 0 bridgehead atoms. The molecule has 0 radical (unpaired) electrons. The number of nitrogens with zero attached hydrogens (tertiary/aromatic N) is 5. The minimum Gasteiger partial charge on any atom is -0.461 e. The summed E-state index contributed by atoms with van der Waals surface area (Å²) < 4.78 is 5.18. The number of ether oxygens (including phenoxy) is 1. The summed E-state index contributed by atoms with van der Waals surface area (Å²) in [5.74, 6) is -0.399. The molecule has 0 N–H and O–H groups in total. The highest BCUT2D eigenvalue weighted by Crippen LogP contribution is 2.29. The van der Waals surface area contributed by atoms with Crippen LogP contribution in [0.15, 0.2) is 30.5 Å². The minimum absolute atomic E-state index is 0.0906. The van der Waals surface area contributed by atoms with Gasteiger partial charge in [-0.15, -0.1) is 0 Å². The summed E-state index contributed by atoms with van der Waals surface area (Å²) >= 11 is 18.3.